The highest BCUT2D eigenvalue weighted by Gasteiger charge is 2.53. The summed E-state index contributed by atoms with van der Waals surface area (Å²) < 4.78 is 5.29. The lowest BCUT2D eigenvalue weighted by molar-refractivity contribution is -0.384. The fraction of sp³-hybridized carbons (Fsp3) is 0.227. The number of amides is 4. The van der Waals surface area contributed by atoms with E-state index in [0.717, 1.165) is 11.3 Å². The zero-order valence-electron chi connectivity index (χ0n) is 20.2. The second kappa shape index (κ2) is 12.3. The lowest BCUT2D eigenvalue weighted by Gasteiger charge is -2.48. The van der Waals surface area contributed by atoms with Gasteiger partial charge < -0.3 is 25.9 Å². The average molecular weight is 590 g/mol. The van der Waals surface area contributed by atoms with Crippen molar-refractivity contribution in [1.82, 2.24) is 15.2 Å². The van der Waals surface area contributed by atoms with Crippen LogP contribution < -0.4 is 16.4 Å². The number of thioether (sulfide) groups is 1. The number of carbonyl (C=O) groups is 5. The number of aromatic nitrogens is 1. The number of fused-ring (bicyclic) bond motifs is 1. The molecule has 4 amide bonds. The van der Waals surface area contributed by atoms with Crippen LogP contribution in [0.5, 0.6) is 0 Å². The van der Waals surface area contributed by atoms with Crippen molar-refractivity contribution in [2.45, 2.75) is 18.0 Å². The van der Waals surface area contributed by atoms with Gasteiger partial charge in [0.15, 0.2) is 17.5 Å². The predicted molar refractivity (Wildman–Crippen MR) is 139 cm³/mol. The standard InChI is InChI=1S/C22H19N7O9S2/c23-15(31)8-38-27-16(13-9-40-22(25-13)24-10-30)18(32)26-17-19(33)28-14(5-6-39-20(17)28)21(34)37-7-11-1-3-12(4-2-11)29(35)36/h1-5,9-10,17,20H,6-8H2,(H2,23,31)(H,26,32)(H,24,25,30)/b27-16+/t17?,20-/m1/s1. The number of hydrogen-bond donors (Lipinski definition) is 3. The molecule has 0 bridgehead atoms. The van der Waals surface area contributed by atoms with Crippen LogP contribution in [0.25, 0.3) is 0 Å². The average Bonchev–Trinajstić information content (AvgIpc) is 3.40. The van der Waals surface area contributed by atoms with E-state index in [1.165, 1.54) is 52.4 Å². The number of nitrogens with zero attached hydrogens (tertiary/aromatic N) is 4. The van der Waals surface area contributed by atoms with Gasteiger partial charge in [0.2, 0.25) is 6.41 Å². The van der Waals surface area contributed by atoms with Gasteiger partial charge in [-0.15, -0.1) is 23.1 Å². The van der Waals surface area contributed by atoms with Crippen LogP contribution in [0.1, 0.15) is 11.3 Å². The summed E-state index contributed by atoms with van der Waals surface area (Å²) in [5.74, 6) is -2.71. The summed E-state index contributed by atoms with van der Waals surface area (Å²) in [6.45, 7) is -0.793. The Kier molecular flexibility index (Phi) is 8.70. The second-order valence-corrected chi connectivity index (χ2v) is 9.96. The first-order valence-electron chi connectivity index (χ1n) is 11.2. The normalized spacial score (nSPS) is 18.0. The number of nitro benzene ring substituents is 1. The molecule has 1 unspecified atom stereocenters. The molecule has 40 heavy (non-hydrogen) atoms. The number of primary amides is 1. The molecule has 208 valence electrons. The molecule has 0 saturated carbocycles. The largest absolute Gasteiger partial charge is 0.456 e. The molecular formula is C22H19N7O9S2. The molecule has 18 heteroatoms. The first-order valence-corrected chi connectivity index (χ1v) is 13.1. The Hall–Kier alpha value is -4.84. The number of nitrogens with one attached hydrogen (secondary N) is 2. The van der Waals surface area contributed by atoms with E-state index in [1.807, 2.05) is 0 Å². The van der Waals surface area contributed by atoms with Crippen LogP contribution in [0.2, 0.25) is 0 Å². The molecule has 0 radical (unpaired) electrons. The molecule has 1 fully saturated rings. The number of hydrogen-bond acceptors (Lipinski definition) is 13. The van der Waals surface area contributed by atoms with Gasteiger partial charge in [-0.1, -0.05) is 5.16 Å². The first kappa shape index (κ1) is 28.2. The maximum absolute atomic E-state index is 13.1. The van der Waals surface area contributed by atoms with Gasteiger partial charge in [0, 0.05) is 23.3 Å². The minimum absolute atomic E-state index is 0.00363. The lowest BCUT2D eigenvalue weighted by atomic mass is 10.0. The van der Waals surface area contributed by atoms with E-state index in [0.29, 0.717) is 17.7 Å². The Balaban J connectivity index is 1.41. The molecule has 4 N–H and O–H groups in total. The van der Waals surface area contributed by atoms with Crippen molar-refractivity contribution in [1.29, 1.82) is 0 Å². The van der Waals surface area contributed by atoms with Crippen LogP contribution in [-0.2, 0) is 40.2 Å². The number of nitro groups is 1. The van der Waals surface area contributed by atoms with Gasteiger partial charge in [-0.25, -0.2) is 9.78 Å². The van der Waals surface area contributed by atoms with E-state index in [9.17, 15) is 34.1 Å². The molecule has 16 nitrogen and oxygen atoms in total. The number of carbonyl (C=O) groups excluding carboxylic acids is 5. The number of benzene rings is 1. The van der Waals surface area contributed by atoms with Crippen LogP contribution in [-0.4, -0.2) is 74.4 Å². The van der Waals surface area contributed by atoms with Crippen LogP contribution in [0, 0.1) is 10.1 Å². The first-order chi connectivity index (χ1) is 19.2. The summed E-state index contributed by atoms with van der Waals surface area (Å²) in [6, 6.07) is 4.43. The molecule has 0 spiro atoms. The SMILES string of the molecule is NC(=O)CO/N=C(/C(=O)NC1C(=O)N2C(C(=O)OCc3ccc([N+](=O)[O-])cc3)=CCS[C@H]12)c1csc(NC=O)n1. The van der Waals surface area contributed by atoms with E-state index in [1.54, 1.807) is 0 Å². The maximum Gasteiger partial charge on any atom is 0.355 e. The Bertz CT molecular complexity index is 1420. The third kappa shape index (κ3) is 6.24. The van der Waals surface area contributed by atoms with Crippen molar-refractivity contribution < 1.29 is 38.5 Å². The number of nitrogens with two attached hydrogens (primary N) is 1. The number of anilines is 1. The minimum atomic E-state index is -1.03. The maximum atomic E-state index is 13.1. The summed E-state index contributed by atoms with van der Waals surface area (Å²) in [5, 5.41) is 20.2. The Morgan fingerprint density at radius 2 is 2.05 bits per heavy atom. The number of non-ortho nitro benzene ring substituents is 1. The zero-order valence-corrected chi connectivity index (χ0v) is 21.8. The highest BCUT2D eigenvalue weighted by molar-refractivity contribution is 8.00. The summed E-state index contributed by atoms with van der Waals surface area (Å²) in [4.78, 5) is 80.8. The van der Waals surface area contributed by atoms with E-state index in [2.05, 4.69) is 20.8 Å². The summed E-state index contributed by atoms with van der Waals surface area (Å²) in [7, 11) is 0. The molecule has 2 aliphatic heterocycles. The van der Waals surface area contributed by atoms with Gasteiger partial charge in [-0.3, -0.25) is 34.2 Å². The van der Waals surface area contributed by atoms with E-state index < -0.39 is 46.6 Å². The molecular weight excluding hydrogens is 570 g/mol. The van der Waals surface area contributed by atoms with E-state index >= 15 is 0 Å². The topological polar surface area (TPSA) is 226 Å². The van der Waals surface area contributed by atoms with E-state index in [-0.39, 0.29) is 34.5 Å². The molecule has 2 aromatic rings. The van der Waals surface area contributed by atoms with Gasteiger partial charge >= 0.3 is 5.97 Å². The molecule has 2 atom stereocenters. The smallest absolute Gasteiger partial charge is 0.355 e. The molecule has 1 saturated heterocycles. The number of rotatable bonds is 12. The third-order valence-corrected chi connectivity index (χ3v) is 7.32. The Labute approximate surface area is 232 Å². The summed E-state index contributed by atoms with van der Waals surface area (Å²) in [5.41, 5.74) is 5.08. The van der Waals surface area contributed by atoms with Gasteiger partial charge in [0.05, 0.1) is 4.92 Å². The molecule has 0 aliphatic carbocycles. The number of thiazole rings is 1. The molecule has 4 rings (SSSR count). The third-order valence-electron chi connectivity index (χ3n) is 5.37. The van der Waals surface area contributed by atoms with Crippen LogP contribution in [0.15, 0.2) is 46.6 Å². The van der Waals surface area contributed by atoms with Crippen molar-refractivity contribution in [3.05, 3.63) is 62.8 Å². The highest BCUT2D eigenvalue weighted by Crippen LogP contribution is 2.38. The number of esters is 1. The van der Waals surface area contributed by atoms with Crippen molar-refractivity contribution >= 4 is 69.7 Å². The monoisotopic (exact) mass is 589 g/mol. The minimum Gasteiger partial charge on any atom is -0.456 e. The number of oxime groups is 1. The quantitative estimate of drug-likeness (QED) is 0.0737. The fourth-order valence-electron chi connectivity index (χ4n) is 3.54. The van der Waals surface area contributed by atoms with Gasteiger partial charge in [-0.2, -0.15) is 0 Å². The summed E-state index contributed by atoms with van der Waals surface area (Å²) >= 11 is 2.29. The van der Waals surface area contributed by atoms with Gasteiger partial charge in [0.1, 0.15) is 29.4 Å². The van der Waals surface area contributed by atoms with E-state index in [4.69, 9.17) is 15.3 Å². The molecule has 3 heterocycles. The molecule has 1 aromatic heterocycles. The van der Waals surface area contributed by atoms with Crippen LogP contribution in [0.3, 0.4) is 0 Å². The van der Waals surface area contributed by atoms with Crippen molar-refractivity contribution in [3.63, 3.8) is 0 Å². The van der Waals surface area contributed by atoms with Gasteiger partial charge in [-0.05, 0) is 23.8 Å². The zero-order chi connectivity index (χ0) is 28.8. The van der Waals surface area contributed by atoms with Crippen LogP contribution in [0.4, 0.5) is 10.8 Å². The number of ether oxygens (including phenoxy) is 1. The van der Waals surface area contributed by atoms with Crippen molar-refractivity contribution in [3.8, 4) is 0 Å². The van der Waals surface area contributed by atoms with Crippen molar-refractivity contribution in [2.75, 3.05) is 17.7 Å². The highest BCUT2D eigenvalue weighted by atomic mass is 32.2. The Morgan fingerprint density at radius 3 is 2.73 bits per heavy atom. The second-order valence-electron chi connectivity index (χ2n) is 7.95. The van der Waals surface area contributed by atoms with Gasteiger partial charge in [0.25, 0.3) is 23.4 Å². The predicted octanol–water partition coefficient (Wildman–Crippen LogP) is -0.147. The fourth-order valence-corrected chi connectivity index (χ4v) is 5.39. The van der Waals surface area contributed by atoms with Crippen LogP contribution >= 0.6 is 23.1 Å². The lowest BCUT2D eigenvalue weighted by Crippen LogP contribution is -2.70. The summed E-state index contributed by atoms with van der Waals surface area (Å²) in [6.07, 6.45) is 1.92. The molecule has 2 aliphatic rings. The molecule has 1 aromatic carbocycles. The Morgan fingerprint density at radius 1 is 1.30 bits per heavy atom. The number of β-lactam (4-membered cyclic amide) rings is 1. The van der Waals surface area contributed by atoms with Crippen molar-refractivity contribution in [2.24, 2.45) is 10.9 Å².